The Labute approximate surface area is 188 Å². The fourth-order valence-corrected chi connectivity index (χ4v) is 5.91. The highest BCUT2D eigenvalue weighted by molar-refractivity contribution is 7.98. The second-order valence-electron chi connectivity index (χ2n) is 9.22. The number of hydrogen-bond donors (Lipinski definition) is 0. The Morgan fingerprint density at radius 2 is 1.71 bits per heavy atom. The quantitative estimate of drug-likeness (QED) is 0.680. The molecule has 0 N–H and O–H groups in total. The number of benzene rings is 1. The molecule has 2 saturated heterocycles. The van der Waals surface area contributed by atoms with Crippen LogP contribution in [0.25, 0.3) is 0 Å². The molecule has 1 aliphatic carbocycles. The summed E-state index contributed by atoms with van der Waals surface area (Å²) in [7, 11) is 0. The number of likely N-dealkylation sites (tertiary alicyclic amines) is 2. The summed E-state index contributed by atoms with van der Waals surface area (Å²) in [5.41, 5.74) is 2.18. The van der Waals surface area contributed by atoms with Gasteiger partial charge in [-0.1, -0.05) is 30.3 Å². The Morgan fingerprint density at radius 3 is 2.42 bits per heavy atom. The van der Waals surface area contributed by atoms with E-state index in [0.717, 1.165) is 56.9 Å². The molecular formula is C25H29N3O2S. The molecule has 3 fully saturated rings. The van der Waals surface area contributed by atoms with Crippen molar-refractivity contribution in [2.75, 3.05) is 32.4 Å². The Bertz CT molecular complexity index is 972. The molecule has 0 bridgehead atoms. The Balaban J connectivity index is 1.17. The SMILES string of the molecule is CSc1ncccc1C(=O)N1CCC2(CC1)CCN(C(=O)[C@@H]1C[C@H]1c1ccccc1)C2. The minimum Gasteiger partial charge on any atom is -0.342 e. The van der Waals surface area contributed by atoms with Gasteiger partial charge in [-0.3, -0.25) is 9.59 Å². The Kier molecular flexibility index (Phi) is 5.51. The molecule has 5 rings (SSSR count). The summed E-state index contributed by atoms with van der Waals surface area (Å²) in [6.07, 6.45) is 7.69. The zero-order chi connectivity index (χ0) is 21.4. The number of carbonyl (C=O) groups is 2. The van der Waals surface area contributed by atoms with Crippen molar-refractivity contribution in [3.05, 3.63) is 59.8 Å². The minimum atomic E-state index is 0.0851. The number of piperidine rings is 1. The van der Waals surface area contributed by atoms with Crippen LogP contribution in [-0.2, 0) is 4.79 Å². The molecule has 3 aliphatic rings. The van der Waals surface area contributed by atoms with Crippen LogP contribution >= 0.6 is 11.8 Å². The molecule has 0 radical (unpaired) electrons. The van der Waals surface area contributed by atoms with Crippen LogP contribution < -0.4 is 0 Å². The summed E-state index contributed by atoms with van der Waals surface area (Å²) in [6, 6.07) is 14.1. The number of hydrogen-bond acceptors (Lipinski definition) is 4. The van der Waals surface area contributed by atoms with Gasteiger partial charge in [0.25, 0.3) is 5.91 Å². The zero-order valence-corrected chi connectivity index (χ0v) is 18.8. The average molecular weight is 436 g/mol. The smallest absolute Gasteiger partial charge is 0.256 e. The summed E-state index contributed by atoms with van der Waals surface area (Å²) in [4.78, 5) is 34.5. The molecule has 3 heterocycles. The molecule has 0 unspecified atom stereocenters. The van der Waals surface area contributed by atoms with Crippen molar-refractivity contribution < 1.29 is 9.59 Å². The van der Waals surface area contributed by atoms with Crippen molar-refractivity contribution in [2.45, 2.75) is 36.6 Å². The van der Waals surface area contributed by atoms with Gasteiger partial charge in [0, 0.05) is 38.3 Å². The van der Waals surface area contributed by atoms with Gasteiger partial charge >= 0.3 is 0 Å². The standard InChI is InChI=1S/C25H29N3O2S/c1-31-22-19(8-5-12-26-22)23(29)27-13-9-25(10-14-27)11-15-28(17-25)24(30)21-16-20(21)18-6-3-2-4-7-18/h2-8,12,20-21H,9-11,13-17H2,1H3/t20-,21+/m0/s1. The lowest BCUT2D eigenvalue weighted by atomic mass is 9.77. The van der Waals surface area contributed by atoms with Crippen molar-refractivity contribution in [3.8, 4) is 0 Å². The molecular weight excluding hydrogens is 406 g/mol. The van der Waals surface area contributed by atoms with Crippen LogP contribution in [0.1, 0.15) is 47.5 Å². The highest BCUT2D eigenvalue weighted by Gasteiger charge is 2.49. The van der Waals surface area contributed by atoms with Crippen molar-refractivity contribution in [1.82, 2.24) is 14.8 Å². The third-order valence-corrected chi connectivity index (χ3v) is 8.10. The van der Waals surface area contributed by atoms with Gasteiger partial charge in [0.15, 0.2) is 0 Å². The topological polar surface area (TPSA) is 53.5 Å². The molecule has 1 saturated carbocycles. The molecule has 2 aromatic rings. The van der Waals surface area contributed by atoms with Crippen molar-refractivity contribution in [3.63, 3.8) is 0 Å². The molecule has 31 heavy (non-hydrogen) atoms. The molecule has 5 nitrogen and oxygen atoms in total. The maximum Gasteiger partial charge on any atom is 0.256 e. The summed E-state index contributed by atoms with van der Waals surface area (Å²) in [5.74, 6) is 0.982. The van der Waals surface area contributed by atoms with Crippen LogP contribution in [0, 0.1) is 11.3 Å². The average Bonchev–Trinajstić information content (AvgIpc) is 3.53. The molecule has 2 atom stereocenters. The molecule has 1 aromatic heterocycles. The lowest BCUT2D eigenvalue weighted by molar-refractivity contribution is -0.132. The van der Waals surface area contributed by atoms with E-state index in [1.807, 2.05) is 29.4 Å². The molecule has 6 heteroatoms. The van der Waals surface area contributed by atoms with Gasteiger partial charge in [-0.2, -0.15) is 0 Å². The highest BCUT2D eigenvalue weighted by atomic mass is 32.2. The van der Waals surface area contributed by atoms with E-state index >= 15 is 0 Å². The molecule has 162 valence electrons. The normalized spacial score (nSPS) is 24.4. The molecule has 1 aromatic carbocycles. The van der Waals surface area contributed by atoms with Gasteiger partial charge in [-0.05, 0) is 61.0 Å². The van der Waals surface area contributed by atoms with E-state index in [0.29, 0.717) is 17.4 Å². The lowest BCUT2D eigenvalue weighted by Crippen LogP contribution is -2.45. The summed E-state index contributed by atoms with van der Waals surface area (Å²) >= 11 is 1.51. The first kappa shape index (κ1) is 20.6. The maximum atomic E-state index is 13.1. The predicted octanol–water partition coefficient (Wildman–Crippen LogP) is 4.06. The van der Waals surface area contributed by atoms with Crippen LogP contribution in [0.15, 0.2) is 53.7 Å². The van der Waals surface area contributed by atoms with Gasteiger partial charge in [0.05, 0.1) is 5.56 Å². The number of aromatic nitrogens is 1. The van der Waals surface area contributed by atoms with E-state index in [9.17, 15) is 9.59 Å². The number of amides is 2. The number of rotatable bonds is 4. The van der Waals surface area contributed by atoms with Gasteiger partial charge < -0.3 is 9.80 Å². The number of carbonyl (C=O) groups excluding carboxylic acids is 2. The third kappa shape index (κ3) is 3.98. The first-order valence-corrected chi connectivity index (χ1v) is 12.4. The van der Waals surface area contributed by atoms with Crippen LogP contribution in [-0.4, -0.2) is 59.0 Å². The number of thioether (sulfide) groups is 1. The summed E-state index contributed by atoms with van der Waals surface area (Å²) in [6.45, 7) is 3.25. The summed E-state index contributed by atoms with van der Waals surface area (Å²) in [5, 5.41) is 0.794. The first-order valence-electron chi connectivity index (χ1n) is 11.2. The Hall–Kier alpha value is -2.34. The van der Waals surface area contributed by atoms with Crippen molar-refractivity contribution in [1.29, 1.82) is 0 Å². The van der Waals surface area contributed by atoms with Crippen molar-refractivity contribution in [2.24, 2.45) is 11.3 Å². The lowest BCUT2D eigenvalue weighted by Gasteiger charge is -2.39. The Morgan fingerprint density at radius 1 is 1.00 bits per heavy atom. The molecule has 2 aliphatic heterocycles. The molecule has 2 amide bonds. The monoisotopic (exact) mass is 435 g/mol. The van der Waals surface area contributed by atoms with Gasteiger partial charge in [0.1, 0.15) is 5.03 Å². The van der Waals surface area contributed by atoms with Gasteiger partial charge in [-0.25, -0.2) is 4.98 Å². The largest absolute Gasteiger partial charge is 0.342 e. The van der Waals surface area contributed by atoms with Crippen LogP contribution in [0.5, 0.6) is 0 Å². The van der Waals surface area contributed by atoms with Crippen LogP contribution in [0.4, 0.5) is 0 Å². The number of pyridine rings is 1. The fourth-order valence-electron chi connectivity index (χ4n) is 5.37. The first-order chi connectivity index (χ1) is 15.1. The maximum absolute atomic E-state index is 13.1. The van der Waals surface area contributed by atoms with Crippen LogP contribution in [0.3, 0.4) is 0 Å². The van der Waals surface area contributed by atoms with E-state index in [4.69, 9.17) is 0 Å². The van der Waals surface area contributed by atoms with E-state index < -0.39 is 0 Å². The van der Waals surface area contributed by atoms with Gasteiger partial charge in [-0.15, -0.1) is 11.8 Å². The van der Waals surface area contributed by atoms with E-state index in [-0.39, 0.29) is 17.2 Å². The predicted molar refractivity (Wildman–Crippen MR) is 122 cm³/mol. The zero-order valence-electron chi connectivity index (χ0n) is 18.0. The molecule has 1 spiro atoms. The number of nitrogens with zero attached hydrogens (tertiary/aromatic N) is 3. The van der Waals surface area contributed by atoms with Gasteiger partial charge in [0.2, 0.25) is 5.91 Å². The van der Waals surface area contributed by atoms with E-state index in [2.05, 4.69) is 34.1 Å². The van der Waals surface area contributed by atoms with E-state index in [1.54, 1.807) is 6.20 Å². The minimum absolute atomic E-state index is 0.0851. The highest BCUT2D eigenvalue weighted by Crippen LogP contribution is 2.50. The second kappa shape index (κ2) is 8.30. The van der Waals surface area contributed by atoms with E-state index in [1.165, 1.54) is 17.3 Å². The fraction of sp³-hybridized carbons (Fsp3) is 0.480. The van der Waals surface area contributed by atoms with Crippen LogP contribution in [0.2, 0.25) is 0 Å². The second-order valence-corrected chi connectivity index (χ2v) is 10.0. The van der Waals surface area contributed by atoms with Crippen molar-refractivity contribution >= 4 is 23.6 Å². The third-order valence-electron chi connectivity index (χ3n) is 7.39. The summed E-state index contributed by atoms with van der Waals surface area (Å²) < 4.78 is 0.